The first-order chi connectivity index (χ1) is 5.83. The normalized spacial score (nSPS) is 10.5. The quantitative estimate of drug-likeness (QED) is 0.719. The van der Waals surface area contributed by atoms with Gasteiger partial charge in [-0.1, -0.05) is 11.6 Å². The van der Waals surface area contributed by atoms with Gasteiger partial charge in [0.15, 0.2) is 0 Å². The highest BCUT2D eigenvalue weighted by atomic mass is 35.5. The zero-order valence-electron chi connectivity index (χ0n) is 6.60. The third-order valence-corrected chi connectivity index (χ3v) is 2.14. The van der Waals surface area contributed by atoms with Crippen LogP contribution in [0.3, 0.4) is 0 Å². The van der Waals surface area contributed by atoms with E-state index in [9.17, 15) is 0 Å². The lowest BCUT2D eigenvalue weighted by Crippen LogP contribution is -1.84. The van der Waals surface area contributed by atoms with Crippen LogP contribution in [0.5, 0.6) is 5.75 Å². The fourth-order valence-electron chi connectivity index (χ4n) is 1.29. The zero-order chi connectivity index (χ0) is 8.55. The van der Waals surface area contributed by atoms with Crippen molar-refractivity contribution in [1.29, 1.82) is 0 Å². The van der Waals surface area contributed by atoms with Crippen LogP contribution < -0.4 is 4.74 Å². The van der Waals surface area contributed by atoms with Crippen molar-refractivity contribution in [3.05, 3.63) is 29.4 Å². The topological polar surface area (TPSA) is 25.0 Å². The fourth-order valence-corrected chi connectivity index (χ4v) is 1.53. The van der Waals surface area contributed by atoms with E-state index in [2.05, 4.69) is 4.98 Å². The molecule has 0 aliphatic rings. The maximum Gasteiger partial charge on any atom is 0.146 e. The molecule has 3 heteroatoms. The number of H-pyrrole nitrogens is 1. The smallest absolute Gasteiger partial charge is 0.146 e. The van der Waals surface area contributed by atoms with Crippen LogP contribution in [0.15, 0.2) is 24.4 Å². The highest BCUT2D eigenvalue weighted by Gasteiger charge is 2.05. The van der Waals surface area contributed by atoms with Gasteiger partial charge in [0.05, 0.1) is 12.1 Å². The van der Waals surface area contributed by atoms with E-state index in [1.165, 1.54) is 0 Å². The van der Waals surface area contributed by atoms with Crippen molar-refractivity contribution in [3.8, 4) is 5.75 Å². The zero-order valence-corrected chi connectivity index (χ0v) is 7.35. The van der Waals surface area contributed by atoms with Gasteiger partial charge in [-0.15, -0.1) is 0 Å². The highest BCUT2D eigenvalue weighted by Crippen LogP contribution is 2.32. The van der Waals surface area contributed by atoms with Crippen LogP contribution in [0.2, 0.25) is 5.02 Å². The van der Waals surface area contributed by atoms with Crippen LogP contribution in [0.4, 0.5) is 0 Å². The average molecular weight is 182 g/mol. The van der Waals surface area contributed by atoms with Gasteiger partial charge >= 0.3 is 0 Å². The number of halogens is 1. The Kier molecular flexibility index (Phi) is 1.70. The summed E-state index contributed by atoms with van der Waals surface area (Å²) >= 11 is 5.92. The molecule has 0 saturated heterocycles. The maximum absolute atomic E-state index is 5.92. The largest absolute Gasteiger partial charge is 0.494 e. The minimum atomic E-state index is 0.643. The third-order valence-electron chi connectivity index (χ3n) is 1.84. The Morgan fingerprint density at radius 1 is 1.33 bits per heavy atom. The number of ether oxygens (including phenoxy) is 1. The molecule has 2 nitrogen and oxygen atoms in total. The van der Waals surface area contributed by atoms with Gasteiger partial charge in [0.1, 0.15) is 5.75 Å². The molecule has 0 aliphatic carbocycles. The van der Waals surface area contributed by atoms with E-state index < -0.39 is 0 Å². The molecule has 0 bridgehead atoms. The van der Waals surface area contributed by atoms with E-state index in [1.807, 2.05) is 24.4 Å². The Balaban J connectivity index is 2.83. The Hall–Kier alpha value is -1.15. The molecule has 2 aromatic rings. The van der Waals surface area contributed by atoms with Crippen molar-refractivity contribution in [3.63, 3.8) is 0 Å². The number of rotatable bonds is 1. The summed E-state index contributed by atoms with van der Waals surface area (Å²) in [4.78, 5) is 3.08. The van der Waals surface area contributed by atoms with Crippen molar-refractivity contribution in [2.24, 2.45) is 0 Å². The van der Waals surface area contributed by atoms with E-state index >= 15 is 0 Å². The van der Waals surface area contributed by atoms with Crippen molar-refractivity contribution in [1.82, 2.24) is 4.98 Å². The average Bonchev–Trinajstić information content (AvgIpc) is 2.52. The van der Waals surface area contributed by atoms with Crippen LogP contribution in [-0.2, 0) is 0 Å². The Labute approximate surface area is 75.1 Å². The molecule has 0 fully saturated rings. The summed E-state index contributed by atoms with van der Waals surface area (Å²) in [7, 11) is 1.62. The molecule has 0 radical (unpaired) electrons. The van der Waals surface area contributed by atoms with Crippen LogP contribution in [0.1, 0.15) is 0 Å². The minimum absolute atomic E-state index is 0.643. The van der Waals surface area contributed by atoms with Gasteiger partial charge in [0.25, 0.3) is 0 Å². The van der Waals surface area contributed by atoms with Gasteiger partial charge in [-0.3, -0.25) is 0 Å². The van der Waals surface area contributed by atoms with E-state index in [0.29, 0.717) is 5.02 Å². The van der Waals surface area contributed by atoms with E-state index in [4.69, 9.17) is 16.3 Å². The second kappa shape index (κ2) is 2.72. The molecule has 2 rings (SSSR count). The monoisotopic (exact) mass is 181 g/mol. The lowest BCUT2D eigenvalue weighted by molar-refractivity contribution is 0.420. The number of hydrogen-bond acceptors (Lipinski definition) is 1. The number of nitrogens with one attached hydrogen (secondary N) is 1. The van der Waals surface area contributed by atoms with Crippen LogP contribution >= 0.6 is 11.6 Å². The van der Waals surface area contributed by atoms with Gasteiger partial charge in [-0.05, 0) is 18.2 Å². The number of fused-ring (bicyclic) bond motifs is 1. The van der Waals surface area contributed by atoms with Gasteiger partial charge in [0.2, 0.25) is 0 Å². The Bertz CT molecular complexity index is 408. The molecule has 0 aliphatic heterocycles. The number of methoxy groups -OCH3 is 1. The fraction of sp³-hybridized carbons (Fsp3) is 0.111. The Morgan fingerprint density at radius 3 is 2.92 bits per heavy atom. The molecule has 0 unspecified atom stereocenters. The molecular weight excluding hydrogens is 174 g/mol. The number of aromatic amines is 1. The summed E-state index contributed by atoms with van der Waals surface area (Å²) in [6.45, 7) is 0. The first-order valence-electron chi connectivity index (χ1n) is 3.62. The molecule has 0 amide bonds. The Morgan fingerprint density at radius 2 is 2.17 bits per heavy atom. The number of aromatic nitrogens is 1. The SMILES string of the molecule is COc1c(Cl)ccc2[nH]ccc12. The molecule has 0 saturated carbocycles. The molecule has 0 spiro atoms. The van der Waals surface area contributed by atoms with E-state index in [1.54, 1.807) is 7.11 Å². The van der Waals surface area contributed by atoms with Gasteiger partial charge < -0.3 is 9.72 Å². The first-order valence-corrected chi connectivity index (χ1v) is 4.00. The summed E-state index contributed by atoms with van der Waals surface area (Å²) in [6, 6.07) is 5.69. The predicted octanol–water partition coefficient (Wildman–Crippen LogP) is 2.83. The number of benzene rings is 1. The third kappa shape index (κ3) is 0.959. The molecular formula is C9H8ClNO. The standard InChI is InChI=1S/C9H8ClNO/c1-12-9-6-4-5-11-8(6)3-2-7(9)10/h2-5,11H,1H3. The second-order valence-electron chi connectivity index (χ2n) is 2.52. The van der Waals surface area contributed by atoms with Crippen LogP contribution in [0.25, 0.3) is 10.9 Å². The summed E-state index contributed by atoms with van der Waals surface area (Å²) in [5.41, 5.74) is 1.04. The molecule has 1 aromatic carbocycles. The summed E-state index contributed by atoms with van der Waals surface area (Å²) in [5.74, 6) is 0.732. The highest BCUT2D eigenvalue weighted by molar-refractivity contribution is 6.33. The maximum atomic E-state index is 5.92. The minimum Gasteiger partial charge on any atom is -0.494 e. The molecule has 12 heavy (non-hydrogen) atoms. The van der Waals surface area contributed by atoms with Crippen molar-refractivity contribution in [2.45, 2.75) is 0 Å². The summed E-state index contributed by atoms with van der Waals surface area (Å²) < 4.78 is 5.16. The molecule has 1 heterocycles. The second-order valence-corrected chi connectivity index (χ2v) is 2.93. The molecule has 0 atom stereocenters. The lowest BCUT2D eigenvalue weighted by Gasteiger charge is -2.03. The summed E-state index contributed by atoms with van der Waals surface area (Å²) in [5, 5.41) is 1.66. The van der Waals surface area contributed by atoms with Crippen LogP contribution in [-0.4, -0.2) is 12.1 Å². The first kappa shape index (κ1) is 7.50. The van der Waals surface area contributed by atoms with Gasteiger partial charge in [-0.2, -0.15) is 0 Å². The summed E-state index contributed by atoms with van der Waals surface area (Å²) in [6.07, 6.45) is 1.86. The van der Waals surface area contributed by atoms with Crippen LogP contribution in [0, 0.1) is 0 Å². The molecule has 1 N–H and O–H groups in total. The lowest BCUT2D eigenvalue weighted by atomic mass is 10.2. The predicted molar refractivity (Wildman–Crippen MR) is 49.9 cm³/mol. The molecule has 1 aromatic heterocycles. The van der Waals surface area contributed by atoms with Gasteiger partial charge in [-0.25, -0.2) is 0 Å². The van der Waals surface area contributed by atoms with E-state index in [0.717, 1.165) is 16.7 Å². The van der Waals surface area contributed by atoms with Gasteiger partial charge in [0, 0.05) is 17.1 Å². The molecule has 62 valence electrons. The van der Waals surface area contributed by atoms with Crippen molar-refractivity contribution in [2.75, 3.05) is 7.11 Å². The van der Waals surface area contributed by atoms with Crippen molar-refractivity contribution < 1.29 is 4.74 Å². The number of hydrogen-bond donors (Lipinski definition) is 1. The van der Waals surface area contributed by atoms with Crippen molar-refractivity contribution >= 4 is 22.5 Å². The van der Waals surface area contributed by atoms with E-state index in [-0.39, 0.29) is 0 Å².